The van der Waals surface area contributed by atoms with Gasteiger partial charge < -0.3 is 24.8 Å². The minimum Gasteiger partial charge on any atom is -0.490 e. The van der Waals surface area contributed by atoms with Crippen LogP contribution in [0.25, 0.3) is 22.2 Å². The van der Waals surface area contributed by atoms with Gasteiger partial charge in [-0.05, 0) is 72.4 Å². The van der Waals surface area contributed by atoms with Crippen molar-refractivity contribution < 1.29 is 24.3 Å². The number of aliphatic hydroxyl groups excluding tert-OH is 2. The molecule has 184 valence electrons. The first-order chi connectivity index (χ1) is 16.2. The van der Waals surface area contributed by atoms with Crippen LogP contribution in [0.2, 0.25) is 0 Å². The maximum Gasteiger partial charge on any atom is 0.268 e. The number of aromatic nitrogens is 2. The molecule has 0 spiro atoms. The number of ether oxygens (including phenoxy) is 1. The molecule has 3 N–H and O–H groups in total. The van der Waals surface area contributed by atoms with Crippen LogP contribution < -0.4 is 10.1 Å². The third kappa shape index (κ3) is 6.22. The molecule has 0 aliphatic rings. The van der Waals surface area contributed by atoms with Crippen LogP contribution in [-0.2, 0) is 17.6 Å². The zero-order chi connectivity index (χ0) is 24.8. The molecule has 3 aromatic rings. The Labute approximate surface area is 204 Å². The van der Waals surface area contributed by atoms with Gasteiger partial charge in [0.05, 0.1) is 4.88 Å². The van der Waals surface area contributed by atoms with Crippen LogP contribution in [0.3, 0.4) is 0 Å². The van der Waals surface area contributed by atoms with Gasteiger partial charge in [0.2, 0.25) is 11.7 Å². The molecule has 0 aliphatic heterocycles. The third-order valence-electron chi connectivity index (χ3n) is 5.48. The van der Waals surface area contributed by atoms with Crippen LogP contribution in [0.1, 0.15) is 43.0 Å². The number of rotatable bonds is 11. The number of hydrogen-bond acceptors (Lipinski definition) is 8. The molecule has 1 atom stereocenters. The van der Waals surface area contributed by atoms with Crippen LogP contribution in [0.5, 0.6) is 5.75 Å². The lowest BCUT2D eigenvalue weighted by Crippen LogP contribution is -2.36. The predicted molar refractivity (Wildman–Crippen MR) is 132 cm³/mol. The molecule has 8 nitrogen and oxygen atoms in total. The Balaban J connectivity index is 1.77. The highest BCUT2D eigenvalue weighted by Crippen LogP contribution is 2.35. The molecule has 34 heavy (non-hydrogen) atoms. The second-order valence-corrected chi connectivity index (χ2v) is 9.68. The number of nitrogens with one attached hydrogen (secondary N) is 1. The highest BCUT2D eigenvalue weighted by Gasteiger charge is 2.19. The average molecular weight is 488 g/mol. The zero-order valence-corrected chi connectivity index (χ0v) is 21.2. The van der Waals surface area contributed by atoms with Crippen LogP contribution in [0.4, 0.5) is 0 Å². The molecular weight excluding hydrogens is 454 g/mol. The van der Waals surface area contributed by atoms with E-state index in [0.717, 1.165) is 28.0 Å². The van der Waals surface area contributed by atoms with Gasteiger partial charge in [0.15, 0.2) is 0 Å². The van der Waals surface area contributed by atoms with Crippen molar-refractivity contribution in [3.63, 3.8) is 0 Å². The van der Waals surface area contributed by atoms with Crippen molar-refractivity contribution in [1.29, 1.82) is 0 Å². The number of aryl methyl sites for hydroxylation is 2. The molecule has 1 aromatic carbocycles. The van der Waals surface area contributed by atoms with Gasteiger partial charge in [-0.15, -0.1) is 11.3 Å². The number of carbonyl (C=O) groups excluding carboxylic acids is 1. The van der Waals surface area contributed by atoms with E-state index in [1.807, 2.05) is 26.0 Å². The van der Waals surface area contributed by atoms with Crippen molar-refractivity contribution in [2.45, 2.75) is 53.6 Å². The van der Waals surface area contributed by atoms with E-state index in [1.165, 1.54) is 11.1 Å². The Morgan fingerprint density at radius 1 is 1.26 bits per heavy atom. The minimum atomic E-state index is -0.895. The molecule has 9 heteroatoms. The summed E-state index contributed by atoms with van der Waals surface area (Å²) in [5, 5.41) is 27.6. The number of amides is 1. The normalized spacial score (nSPS) is 12.2. The summed E-state index contributed by atoms with van der Waals surface area (Å²) in [6, 6.07) is 3.91. The third-order valence-corrected chi connectivity index (χ3v) is 6.60. The maximum atomic E-state index is 11.1. The second kappa shape index (κ2) is 11.6. The smallest absolute Gasteiger partial charge is 0.268 e. The summed E-state index contributed by atoms with van der Waals surface area (Å²) in [7, 11) is 0. The summed E-state index contributed by atoms with van der Waals surface area (Å²) in [6.07, 6.45) is 0.842. The Morgan fingerprint density at radius 2 is 2.03 bits per heavy atom. The lowest BCUT2D eigenvalue weighted by molar-refractivity contribution is -0.124. The molecule has 2 aromatic heterocycles. The van der Waals surface area contributed by atoms with Gasteiger partial charge in [-0.2, -0.15) is 4.98 Å². The molecule has 3 rings (SSSR count). The average Bonchev–Trinajstić information content (AvgIpc) is 3.43. The number of thiophene rings is 1. The van der Waals surface area contributed by atoms with Crippen LogP contribution in [0.15, 0.2) is 22.0 Å². The Bertz CT molecular complexity index is 1120. The van der Waals surface area contributed by atoms with E-state index in [4.69, 9.17) is 14.4 Å². The van der Waals surface area contributed by atoms with E-state index < -0.39 is 18.6 Å². The first kappa shape index (κ1) is 25.9. The topological polar surface area (TPSA) is 118 Å². The van der Waals surface area contributed by atoms with Crippen molar-refractivity contribution in [1.82, 2.24) is 15.5 Å². The van der Waals surface area contributed by atoms with Gasteiger partial charge in [0.25, 0.3) is 5.89 Å². The lowest BCUT2D eigenvalue weighted by Gasteiger charge is -2.17. The molecule has 0 unspecified atom stereocenters. The summed E-state index contributed by atoms with van der Waals surface area (Å²) in [6.45, 7) is 9.87. The second-order valence-electron chi connectivity index (χ2n) is 8.80. The Morgan fingerprint density at radius 3 is 2.71 bits per heavy atom. The standard InChI is InChI=1S/C25H33N3O5S/c1-6-17-9-18(8-15(4)22(17)32-12-20(30)10-26-21(31)11-29)24-27-25(33-28-24)23-16(5)19(13-34-23)7-14(2)3/h8-9,13-14,20,29-30H,6-7,10-12H2,1-5H3,(H,26,31)/t20-/m1/s1. The van der Waals surface area contributed by atoms with Crippen molar-refractivity contribution in [3.05, 3.63) is 39.8 Å². The summed E-state index contributed by atoms with van der Waals surface area (Å²) in [5.74, 6) is 1.77. The number of nitrogens with zero attached hydrogens (tertiary/aromatic N) is 2. The monoisotopic (exact) mass is 487 g/mol. The van der Waals surface area contributed by atoms with Crippen LogP contribution in [0, 0.1) is 19.8 Å². The van der Waals surface area contributed by atoms with Crippen molar-refractivity contribution >= 4 is 17.2 Å². The minimum absolute atomic E-state index is 0.00460. The fourth-order valence-corrected chi connectivity index (χ4v) is 4.73. The van der Waals surface area contributed by atoms with E-state index in [9.17, 15) is 9.90 Å². The Kier molecular flexibility index (Phi) is 8.82. The van der Waals surface area contributed by atoms with Gasteiger partial charge in [0, 0.05) is 12.1 Å². The highest BCUT2D eigenvalue weighted by molar-refractivity contribution is 7.13. The summed E-state index contributed by atoms with van der Waals surface area (Å²) in [4.78, 5) is 16.8. The van der Waals surface area contributed by atoms with Crippen molar-refractivity contribution in [2.75, 3.05) is 19.8 Å². The molecule has 0 radical (unpaired) electrons. The fourth-order valence-electron chi connectivity index (χ4n) is 3.71. The predicted octanol–water partition coefficient (Wildman–Crippen LogP) is 3.69. The number of hydrogen-bond donors (Lipinski definition) is 3. The van der Waals surface area contributed by atoms with E-state index in [2.05, 4.69) is 41.6 Å². The Hall–Kier alpha value is -2.75. The fraction of sp³-hybridized carbons (Fsp3) is 0.480. The van der Waals surface area contributed by atoms with Crippen LogP contribution in [-0.4, -0.2) is 52.1 Å². The molecule has 0 saturated heterocycles. The summed E-state index contributed by atoms with van der Waals surface area (Å²) < 4.78 is 11.5. The molecule has 1 amide bonds. The van der Waals surface area contributed by atoms with Gasteiger partial charge in [-0.3, -0.25) is 4.79 Å². The summed E-state index contributed by atoms with van der Waals surface area (Å²) in [5.41, 5.74) is 5.19. The molecule has 0 bridgehead atoms. The number of aliphatic hydroxyl groups is 2. The maximum absolute atomic E-state index is 11.1. The van der Waals surface area contributed by atoms with Crippen molar-refractivity contribution in [2.24, 2.45) is 5.92 Å². The van der Waals surface area contributed by atoms with Gasteiger partial charge >= 0.3 is 0 Å². The van der Waals surface area contributed by atoms with Gasteiger partial charge in [-0.25, -0.2) is 0 Å². The lowest BCUT2D eigenvalue weighted by atomic mass is 10.0. The van der Waals surface area contributed by atoms with Gasteiger partial charge in [0.1, 0.15) is 25.1 Å². The van der Waals surface area contributed by atoms with Gasteiger partial charge in [-0.1, -0.05) is 25.9 Å². The quantitative estimate of drug-likeness (QED) is 0.377. The SMILES string of the molecule is CCc1cc(-c2noc(-c3scc(CC(C)C)c3C)n2)cc(C)c1OC[C@H](O)CNC(=O)CO. The molecule has 0 fully saturated rings. The van der Waals surface area contributed by atoms with E-state index in [1.54, 1.807) is 11.3 Å². The first-order valence-corrected chi connectivity index (χ1v) is 12.3. The first-order valence-electron chi connectivity index (χ1n) is 11.5. The van der Waals surface area contributed by atoms with E-state index >= 15 is 0 Å². The molecular formula is C25H33N3O5S. The van der Waals surface area contributed by atoms with E-state index in [-0.39, 0.29) is 13.2 Å². The molecule has 0 saturated carbocycles. The molecule has 2 heterocycles. The van der Waals surface area contributed by atoms with E-state index in [0.29, 0.717) is 29.8 Å². The largest absolute Gasteiger partial charge is 0.490 e. The summed E-state index contributed by atoms with van der Waals surface area (Å²) >= 11 is 1.63. The van der Waals surface area contributed by atoms with Crippen molar-refractivity contribution in [3.8, 4) is 27.9 Å². The number of carbonyl (C=O) groups is 1. The van der Waals surface area contributed by atoms with Crippen LogP contribution >= 0.6 is 11.3 Å². The molecule has 0 aliphatic carbocycles. The highest BCUT2D eigenvalue weighted by atomic mass is 32.1. The zero-order valence-electron chi connectivity index (χ0n) is 20.3. The number of benzene rings is 1.